The molecule has 2 rings (SSSR count). The molecule has 1 aliphatic rings. The highest BCUT2D eigenvalue weighted by Crippen LogP contribution is 2.22. The number of hydrogen-bond acceptors (Lipinski definition) is 5. The molecule has 1 saturated heterocycles. The second kappa shape index (κ2) is 10.7. The quantitative estimate of drug-likeness (QED) is 0.640. The molecule has 0 unspecified atom stereocenters. The van der Waals surface area contributed by atoms with Gasteiger partial charge in [-0.1, -0.05) is 0 Å². The van der Waals surface area contributed by atoms with Gasteiger partial charge in [0.2, 0.25) is 11.8 Å². The molecule has 0 saturated carbocycles. The Kier molecular flexibility index (Phi) is 8.25. The van der Waals surface area contributed by atoms with E-state index in [1.165, 1.54) is 0 Å². The first kappa shape index (κ1) is 21.7. The molecule has 1 atom stereocenters. The molecule has 0 spiro atoms. The Morgan fingerprint density at radius 1 is 1.14 bits per heavy atom. The Morgan fingerprint density at radius 3 is 2.32 bits per heavy atom. The number of carbonyl (C=O) groups is 3. The number of methoxy groups -OCH3 is 2. The predicted molar refractivity (Wildman–Crippen MR) is 104 cm³/mol. The Balaban J connectivity index is 2.07. The number of nitrogens with one attached hydrogen (secondary N) is 2. The monoisotopic (exact) mass is 391 g/mol. The van der Waals surface area contributed by atoms with Crippen molar-refractivity contribution in [1.29, 1.82) is 0 Å². The maximum atomic E-state index is 12.7. The Morgan fingerprint density at radius 2 is 1.79 bits per heavy atom. The summed E-state index contributed by atoms with van der Waals surface area (Å²) in [4.78, 5) is 38.7. The van der Waals surface area contributed by atoms with Crippen LogP contribution in [0.25, 0.3) is 0 Å². The molecule has 2 N–H and O–H groups in total. The van der Waals surface area contributed by atoms with Crippen LogP contribution in [-0.2, 0) is 14.3 Å². The summed E-state index contributed by atoms with van der Waals surface area (Å²) in [6.45, 7) is 3.48. The fourth-order valence-electron chi connectivity index (χ4n) is 3.30. The van der Waals surface area contributed by atoms with E-state index >= 15 is 0 Å². The van der Waals surface area contributed by atoms with Crippen LogP contribution in [-0.4, -0.2) is 69.1 Å². The van der Waals surface area contributed by atoms with E-state index in [2.05, 4.69) is 10.6 Å². The van der Waals surface area contributed by atoms with E-state index in [4.69, 9.17) is 9.47 Å². The molecule has 0 aliphatic carbocycles. The molecule has 1 aliphatic heterocycles. The third kappa shape index (κ3) is 5.95. The number of carbonyl (C=O) groups excluding carboxylic acids is 3. The molecule has 1 aromatic rings. The van der Waals surface area contributed by atoms with Gasteiger partial charge in [0.25, 0.3) is 5.91 Å². The van der Waals surface area contributed by atoms with E-state index in [0.29, 0.717) is 50.4 Å². The van der Waals surface area contributed by atoms with Crippen LogP contribution in [0.1, 0.15) is 30.1 Å². The molecule has 0 aromatic heterocycles. The summed E-state index contributed by atoms with van der Waals surface area (Å²) in [7, 11) is 3.12. The summed E-state index contributed by atoms with van der Waals surface area (Å²) in [6, 6.07) is 6.06. The predicted octanol–water partition coefficient (Wildman–Crippen LogP) is 0.815. The minimum Gasteiger partial charge on any atom is -0.497 e. The van der Waals surface area contributed by atoms with Gasteiger partial charge in [0.15, 0.2) is 0 Å². The molecular weight excluding hydrogens is 362 g/mol. The number of benzene rings is 1. The van der Waals surface area contributed by atoms with E-state index < -0.39 is 6.04 Å². The van der Waals surface area contributed by atoms with Crippen LogP contribution in [0.4, 0.5) is 0 Å². The first-order chi connectivity index (χ1) is 13.5. The first-order valence-corrected chi connectivity index (χ1v) is 9.43. The number of nitrogens with zero attached hydrogens (tertiary/aromatic N) is 1. The van der Waals surface area contributed by atoms with Crippen molar-refractivity contribution in [3.63, 3.8) is 0 Å². The Hall–Kier alpha value is -2.61. The molecule has 154 valence electrons. The zero-order chi connectivity index (χ0) is 20.5. The van der Waals surface area contributed by atoms with Gasteiger partial charge in [0.05, 0.1) is 13.7 Å². The second-order valence-corrected chi connectivity index (χ2v) is 6.81. The highest BCUT2D eigenvalue weighted by Gasteiger charge is 2.33. The normalized spacial score (nSPS) is 15.6. The summed E-state index contributed by atoms with van der Waals surface area (Å²) in [5.41, 5.74) is 0.455. The summed E-state index contributed by atoms with van der Waals surface area (Å²) in [5.74, 6) is 0.0906. The van der Waals surface area contributed by atoms with Crippen molar-refractivity contribution in [3.8, 4) is 5.75 Å². The molecule has 0 radical (unpaired) electrons. The maximum absolute atomic E-state index is 12.7. The molecule has 1 fully saturated rings. The second-order valence-electron chi connectivity index (χ2n) is 6.81. The molecule has 0 bridgehead atoms. The van der Waals surface area contributed by atoms with Crippen molar-refractivity contribution in [3.05, 3.63) is 29.8 Å². The highest BCUT2D eigenvalue weighted by molar-refractivity contribution is 5.97. The lowest BCUT2D eigenvalue weighted by atomic mass is 9.88. The fraction of sp³-hybridized carbons (Fsp3) is 0.550. The van der Waals surface area contributed by atoms with Crippen LogP contribution < -0.4 is 15.4 Å². The van der Waals surface area contributed by atoms with Crippen LogP contribution in [0.5, 0.6) is 5.75 Å². The number of likely N-dealkylation sites (tertiary alicyclic amines) is 1. The smallest absolute Gasteiger partial charge is 0.251 e. The zero-order valence-electron chi connectivity index (χ0n) is 16.7. The van der Waals surface area contributed by atoms with E-state index in [-0.39, 0.29) is 23.6 Å². The summed E-state index contributed by atoms with van der Waals surface area (Å²) >= 11 is 0. The zero-order valence-corrected chi connectivity index (χ0v) is 16.7. The van der Waals surface area contributed by atoms with Crippen molar-refractivity contribution >= 4 is 17.7 Å². The number of rotatable bonds is 8. The van der Waals surface area contributed by atoms with Gasteiger partial charge in [-0.2, -0.15) is 0 Å². The standard InChI is InChI=1S/C20H29N3O5/c1-14(24)23-11-8-15(9-12-23)18(20(26)21-10-13-27-2)22-19(25)16-4-6-17(28-3)7-5-16/h4-7,15,18H,8-13H2,1-3H3,(H,21,26)(H,22,25)/t18-/m0/s1. The van der Waals surface area contributed by atoms with Gasteiger partial charge in [0, 0.05) is 39.2 Å². The van der Waals surface area contributed by atoms with Crippen molar-refractivity contribution in [1.82, 2.24) is 15.5 Å². The summed E-state index contributed by atoms with van der Waals surface area (Å²) in [5, 5.41) is 5.69. The van der Waals surface area contributed by atoms with Gasteiger partial charge in [-0.15, -0.1) is 0 Å². The van der Waals surface area contributed by atoms with Crippen molar-refractivity contribution in [2.45, 2.75) is 25.8 Å². The minimum atomic E-state index is -0.666. The van der Waals surface area contributed by atoms with Gasteiger partial charge in [-0.3, -0.25) is 14.4 Å². The number of piperidine rings is 1. The van der Waals surface area contributed by atoms with E-state index in [0.717, 1.165) is 0 Å². The average Bonchev–Trinajstić information content (AvgIpc) is 2.72. The van der Waals surface area contributed by atoms with Gasteiger partial charge in [0.1, 0.15) is 11.8 Å². The SMILES string of the molecule is COCCNC(=O)[C@@H](NC(=O)c1ccc(OC)cc1)C1CCN(C(C)=O)CC1. The van der Waals surface area contributed by atoms with Crippen LogP contribution in [0.3, 0.4) is 0 Å². The molecule has 1 heterocycles. The molecule has 1 aromatic carbocycles. The van der Waals surface area contributed by atoms with Crippen molar-refractivity contribution in [2.24, 2.45) is 5.92 Å². The molecule has 3 amide bonds. The van der Waals surface area contributed by atoms with E-state index in [9.17, 15) is 14.4 Å². The van der Waals surface area contributed by atoms with Gasteiger partial charge < -0.3 is 25.0 Å². The largest absolute Gasteiger partial charge is 0.497 e. The van der Waals surface area contributed by atoms with E-state index in [1.807, 2.05) is 0 Å². The molecule has 8 nitrogen and oxygen atoms in total. The topological polar surface area (TPSA) is 97.0 Å². The van der Waals surface area contributed by atoms with Crippen LogP contribution in [0.15, 0.2) is 24.3 Å². The average molecular weight is 391 g/mol. The summed E-state index contributed by atoms with van der Waals surface area (Å²) in [6.07, 6.45) is 1.32. The third-order valence-electron chi connectivity index (χ3n) is 4.98. The number of hydrogen-bond donors (Lipinski definition) is 2. The van der Waals surface area contributed by atoms with Gasteiger partial charge in [-0.25, -0.2) is 0 Å². The lowest BCUT2D eigenvalue weighted by molar-refractivity contribution is -0.130. The lowest BCUT2D eigenvalue weighted by Crippen LogP contribution is -2.54. The third-order valence-corrected chi connectivity index (χ3v) is 4.98. The van der Waals surface area contributed by atoms with Crippen molar-refractivity contribution < 1.29 is 23.9 Å². The number of amides is 3. The lowest BCUT2D eigenvalue weighted by Gasteiger charge is -2.35. The molecular formula is C20H29N3O5. The van der Waals surface area contributed by atoms with Gasteiger partial charge in [-0.05, 0) is 43.0 Å². The minimum absolute atomic E-state index is 0.0295. The van der Waals surface area contributed by atoms with Crippen LogP contribution >= 0.6 is 0 Å². The van der Waals surface area contributed by atoms with Crippen molar-refractivity contribution in [2.75, 3.05) is 40.5 Å². The summed E-state index contributed by atoms with van der Waals surface area (Å²) < 4.78 is 10.1. The fourth-order valence-corrected chi connectivity index (χ4v) is 3.30. The van der Waals surface area contributed by atoms with Crippen LogP contribution in [0.2, 0.25) is 0 Å². The van der Waals surface area contributed by atoms with Gasteiger partial charge >= 0.3 is 0 Å². The first-order valence-electron chi connectivity index (χ1n) is 9.43. The Labute approximate surface area is 165 Å². The maximum Gasteiger partial charge on any atom is 0.251 e. The van der Waals surface area contributed by atoms with Crippen LogP contribution in [0, 0.1) is 5.92 Å². The Bertz CT molecular complexity index is 669. The number of ether oxygens (including phenoxy) is 2. The molecule has 8 heteroatoms. The van der Waals surface area contributed by atoms with E-state index in [1.54, 1.807) is 50.3 Å². The highest BCUT2D eigenvalue weighted by atomic mass is 16.5. The molecule has 28 heavy (non-hydrogen) atoms.